The highest BCUT2D eigenvalue weighted by Crippen LogP contribution is 2.40. The van der Waals surface area contributed by atoms with E-state index < -0.39 is 5.97 Å². The highest BCUT2D eigenvalue weighted by Gasteiger charge is 2.29. The molecule has 2 rings (SSSR count). The van der Waals surface area contributed by atoms with Crippen LogP contribution in [0.15, 0.2) is 0 Å². The molecule has 1 fully saturated rings. The van der Waals surface area contributed by atoms with Crippen LogP contribution in [0.2, 0.25) is 0 Å². The van der Waals surface area contributed by atoms with Gasteiger partial charge in [0.15, 0.2) is 11.5 Å². The molecule has 4 nitrogen and oxygen atoms in total. The molecular weight excluding hydrogens is 238 g/mol. The molecule has 1 saturated carbocycles. The number of carbonyl (C=O) groups is 2. The maximum atomic E-state index is 11.4. The zero-order valence-electron chi connectivity index (χ0n) is 9.90. The molecule has 0 saturated heterocycles. The molecule has 0 bridgehead atoms. The van der Waals surface area contributed by atoms with E-state index in [2.05, 4.69) is 11.9 Å². The number of hydrogen-bond acceptors (Lipinski definition) is 4. The predicted octanol–water partition coefficient (Wildman–Crippen LogP) is 2.95. The maximum Gasteiger partial charge on any atom is 0.356 e. The average molecular weight is 253 g/mol. The minimum atomic E-state index is -1.11. The molecule has 1 aliphatic rings. The molecule has 92 valence electrons. The zero-order valence-corrected chi connectivity index (χ0v) is 10.7. The first kappa shape index (κ1) is 12.2. The monoisotopic (exact) mass is 253 g/mol. The van der Waals surface area contributed by atoms with Gasteiger partial charge in [0.2, 0.25) is 0 Å². The number of carboxylic acid groups (broad SMARTS) is 1. The summed E-state index contributed by atoms with van der Waals surface area (Å²) in [4.78, 5) is 26.8. The molecule has 0 radical (unpaired) electrons. The highest BCUT2D eigenvalue weighted by atomic mass is 32.1. The third-order valence-corrected chi connectivity index (χ3v) is 4.53. The van der Waals surface area contributed by atoms with E-state index in [0.29, 0.717) is 11.8 Å². The van der Waals surface area contributed by atoms with Gasteiger partial charge in [-0.3, -0.25) is 4.79 Å². The number of hydrogen-bond donors (Lipinski definition) is 1. The van der Waals surface area contributed by atoms with Crippen molar-refractivity contribution in [3.05, 3.63) is 15.6 Å². The van der Waals surface area contributed by atoms with Gasteiger partial charge in [0.1, 0.15) is 4.88 Å². The van der Waals surface area contributed by atoms with Gasteiger partial charge < -0.3 is 5.11 Å². The lowest BCUT2D eigenvalue weighted by atomic mass is 10.1. The summed E-state index contributed by atoms with van der Waals surface area (Å²) in [5.74, 6) is -0.319. The number of carbonyl (C=O) groups excluding carboxylic acids is 1. The van der Waals surface area contributed by atoms with Crippen molar-refractivity contribution in [2.24, 2.45) is 5.92 Å². The number of Topliss-reactive ketones (excluding diaryl/α,β-unsaturated/α-hetero) is 1. The first-order valence-electron chi connectivity index (χ1n) is 5.74. The van der Waals surface area contributed by atoms with E-state index in [4.69, 9.17) is 5.11 Å². The molecule has 1 aromatic rings. The molecule has 2 atom stereocenters. The van der Waals surface area contributed by atoms with E-state index in [-0.39, 0.29) is 16.4 Å². The number of rotatable bonds is 3. The van der Waals surface area contributed by atoms with Crippen LogP contribution in [0.4, 0.5) is 0 Å². The summed E-state index contributed by atoms with van der Waals surface area (Å²) in [7, 11) is 0. The van der Waals surface area contributed by atoms with Crippen LogP contribution in [0.1, 0.15) is 64.2 Å². The largest absolute Gasteiger partial charge is 0.476 e. The Bertz CT molecular complexity index is 435. The summed E-state index contributed by atoms with van der Waals surface area (Å²) in [5, 5.41) is 9.83. The summed E-state index contributed by atoms with van der Waals surface area (Å²) in [6.45, 7) is 3.58. The lowest BCUT2D eigenvalue weighted by Crippen LogP contribution is -2.04. The Labute approximate surface area is 104 Å². The Balaban J connectivity index is 2.33. The number of aromatic carboxylic acids is 1. The van der Waals surface area contributed by atoms with E-state index in [0.717, 1.165) is 24.3 Å². The standard InChI is InChI=1S/C12H15NO3S/c1-6-3-4-8(5-6)11-13-9(12(15)16)10(17-11)7(2)14/h6,8H,3-5H2,1-2H3,(H,15,16). The molecule has 2 unspecified atom stereocenters. The molecule has 1 N–H and O–H groups in total. The zero-order chi connectivity index (χ0) is 12.6. The quantitative estimate of drug-likeness (QED) is 0.841. The van der Waals surface area contributed by atoms with Crippen molar-refractivity contribution < 1.29 is 14.7 Å². The summed E-state index contributed by atoms with van der Waals surface area (Å²) < 4.78 is 0. The Morgan fingerprint density at radius 1 is 1.41 bits per heavy atom. The van der Waals surface area contributed by atoms with Crippen molar-refractivity contribution >= 4 is 23.1 Å². The van der Waals surface area contributed by atoms with Crippen LogP contribution < -0.4 is 0 Å². The van der Waals surface area contributed by atoms with E-state index in [1.165, 1.54) is 18.3 Å². The van der Waals surface area contributed by atoms with Crippen molar-refractivity contribution in [2.75, 3.05) is 0 Å². The second-order valence-electron chi connectivity index (χ2n) is 4.71. The first-order valence-corrected chi connectivity index (χ1v) is 6.55. The number of nitrogens with zero attached hydrogens (tertiary/aromatic N) is 1. The van der Waals surface area contributed by atoms with Gasteiger partial charge >= 0.3 is 5.97 Å². The summed E-state index contributed by atoms with van der Waals surface area (Å²) in [5.41, 5.74) is -0.0722. The topological polar surface area (TPSA) is 67.3 Å². The van der Waals surface area contributed by atoms with Crippen LogP contribution >= 0.6 is 11.3 Å². The number of ketones is 1. The second kappa shape index (κ2) is 4.56. The lowest BCUT2D eigenvalue weighted by molar-refractivity contribution is 0.0686. The van der Waals surface area contributed by atoms with Crippen LogP contribution in [0.3, 0.4) is 0 Å². The fourth-order valence-electron chi connectivity index (χ4n) is 2.33. The van der Waals surface area contributed by atoms with Crippen molar-refractivity contribution in [1.29, 1.82) is 0 Å². The molecule has 1 aromatic heterocycles. The maximum absolute atomic E-state index is 11.4. The summed E-state index contributed by atoms with van der Waals surface area (Å²) in [6, 6.07) is 0. The number of carboxylic acids is 1. The van der Waals surface area contributed by atoms with Crippen molar-refractivity contribution in [3.8, 4) is 0 Å². The molecular formula is C12H15NO3S. The Hall–Kier alpha value is -1.23. The average Bonchev–Trinajstić information content (AvgIpc) is 2.82. The van der Waals surface area contributed by atoms with Gasteiger partial charge in [-0.2, -0.15) is 0 Å². The lowest BCUT2D eigenvalue weighted by Gasteiger charge is -2.03. The minimum Gasteiger partial charge on any atom is -0.476 e. The Kier molecular flexibility index (Phi) is 3.28. The normalized spacial score (nSPS) is 23.9. The third kappa shape index (κ3) is 2.39. The highest BCUT2D eigenvalue weighted by molar-refractivity contribution is 7.14. The molecule has 0 aliphatic heterocycles. The van der Waals surface area contributed by atoms with E-state index in [1.54, 1.807) is 0 Å². The van der Waals surface area contributed by atoms with Crippen LogP contribution in [0.25, 0.3) is 0 Å². The van der Waals surface area contributed by atoms with Crippen molar-refractivity contribution in [2.45, 2.75) is 39.0 Å². The molecule has 1 aliphatic carbocycles. The van der Waals surface area contributed by atoms with Crippen molar-refractivity contribution in [3.63, 3.8) is 0 Å². The first-order chi connectivity index (χ1) is 7.99. The van der Waals surface area contributed by atoms with Crippen LogP contribution in [-0.4, -0.2) is 21.8 Å². The minimum absolute atomic E-state index is 0.0722. The fourth-order valence-corrected chi connectivity index (χ4v) is 3.43. The van der Waals surface area contributed by atoms with Gasteiger partial charge in [-0.1, -0.05) is 13.3 Å². The fraction of sp³-hybridized carbons (Fsp3) is 0.583. The summed E-state index contributed by atoms with van der Waals surface area (Å²) >= 11 is 1.25. The molecule has 17 heavy (non-hydrogen) atoms. The molecule has 5 heteroatoms. The smallest absolute Gasteiger partial charge is 0.356 e. The van der Waals surface area contributed by atoms with Gasteiger partial charge in [0.25, 0.3) is 0 Å². The summed E-state index contributed by atoms with van der Waals surface area (Å²) in [6.07, 6.45) is 3.25. The van der Waals surface area contributed by atoms with E-state index in [9.17, 15) is 9.59 Å². The third-order valence-electron chi connectivity index (χ3n) is 3.21. The van der Waals surface area contributed by atoms with Gasteiger partial charge in [-0.15, -0.1) is 11.3 Å². The van der Waals surface area contributed by atoms with Gasteiger partial charge in [-0.25, -0.2) is 9.78 Å². The van der Waals surface area contributed by atoms with Crippen LogP contribution in [0, 0.1) is 5.92 Å². The number of thiazole rings is 1. The van der Waals surface area contributed by atoms with Gasteiger partial charge in [0.05, 0.1) is 5.01 Å². The predicted molar refractivity (Wildman–Crippen MR) is 64.8 cm³/mol. The van der Waals surface area contributed by atoms with Crippen LogP contribution in [-0.2, 0) is 0 Å². The second-order valence-corrected chi connectivity index (χ2v) is 5.74. The molecule has 1 heterocycles. The molecule has 0 spiro atoms. The van der Waals surface area contributed by atoms with Gasteiger partial charge in [0, 0.05) is 12.8 Å². The number of aromatic nitrogens is 1. The van der Waals surface area contributed by atoms with E-state index in [1.807, 2.05) is 0 Å². The van der Waals surface area contributed by atoms with Gasteiger partial charge in [-0.05, 0) is 18.8 Å². The SMILES string of the molecule is CC(=O)c1sc(C2CCC(C)C2)nc1C(=O)O. The van der Waals surface area contributed by atoms with E-state index >= 15 is 0 Å². The molecule has 0 aromatic carbocycles. The Morgan fingerprint density at radius 3 is 2.53 bits per heavy atom. The van der Waals surface area contributed by atoms with Crippen LogP contribution in [0.5, 0.6) is 0 Å². The van der Waals surface area contributed by atoms with Crippen molar-refractivity contribution in [1.82, 2.24) is 4.98 Å². The molecule has 0 amide bonds. The Morgan fingerprint density at radius 2 is 2.12 bits per heavy atom.